The van der Waals surface area contributed by atoms with Gasteiger partial charge in [0.15, 0.2) is 0 Å². The van der Waals surface area contributed by atoms with E-state index >= 15 is 0 Å². The molecule has 0 unspecified atom stereocenters. The van der Waals surface area contributed by atoms with E-state index in [1.54, 1.807) is 0 Å². The van der Waals surface area contributed by atoms with E-state index in [4.69, 9.17) is 14.8 Å². The first kappa shape index (κ1) is 37.3. The third-order valence-electron chi connectivity index (χ3n) is 9.71. The van der Waals surface area contributed by atoms with Crippen LogP contribution in [0.2, 0.25) is 0 Å². The summed E-state index contributed by atoms with van der Waals surface area (Å²) in [5.41, 5.74) is 11.3. The zero-order chi connectivity index (χ0) is 35.9. The van der Waals surface area contributed by atoms with Gasteiger partial charge in [-0.05, 0) is 97.3 Å². The Morgan fingerprint density at radius 1 is 0.788 bits per heavy atom. The minimum absolute atomic E-state index is 0. The molecular weight excluding hydrogens is 820 g/mol. The summed E-state index contributed by atoms with van der Waals surface area (Å²) in [6.07, 6.45) is 6.05. The number of nitrogens with zero attached hydrogens (tertiary/aromatic N) is 4. The van der Waals surface area contributed by atoms with Gasteiger partial charge < -0.3 is 9.30 Å². The Kier molecular flexibility index (Phi) is 10.9. The molecule has 0 radical (unpaired) electrons. The van der Waals surface area contributed by atoms with Crippen molar-refractivity contribution in [2.45, 2.75) is 81.1 Å². The third kappa shape index (κ3) is 7.95. The Morgan fingerprint density at radius 3 is 2.31 bits per heavy atom. The van der Waals surface area contributed by atoms with Crippen molar-refractivity contribution in [2.75, 3.05) is 0 Å². The molecule has 0 aliphatic heterocycles. The van der Waals surface area contributed by atoms with Gasteiger partial charge in [0.05, 0.1) is 5.69 Å². The van der Waals surface area contributed by atoms with Crippen LogP contribution in [0.15, 0.2) is 91.1 Å². The SMILES string of the molecule is Cc1ccnc(-n2c3[c-]c(Oc4[c-]c(-n5nc(C)c(-c6ccccc6)c5C)cc(CCC(C)C)c4)ccc3c3cc(CCC(C)(C)C)ccc32)c1.[Pt+2]. The summed E-state index contributed by atoms with van der Waals surface area (Å²) in [4.78, 5) is 4.80. The molecule has 7 aromatic rings. The topological polar surface area (TPSA) is 44.9 Å². The Bertz CT molecular complexity index is 2340. The van der Waals surface area contributed by atoms with Crippen LogP contribution in [0, 0.1) is 44.2 Å². The fraction of sp³-hybridized carbons (Fsp3) is 0.304. The van der Waals surface area contributed by atoms with Crippen LogP contribution in [-0.4, -0.2) is 19.3 Å². The maximum Gasteiger partial charge on any atom is 2.00 e. The first-order valence-corrected chi connectivity index (χ1v) is 18.2. The molecule has 4 aromatic carbocycles. The van der Waals surface area contributed by atoms with Gasteiger partial charge in [-0.1, -0.05) is 89.0 Å². The van der Waals surface area contributed by atoms with Gasteiger partial charge in [0.2, 0.25) is 0 Å². The van der Waals surface area contributed by atoms with Crippen molar-refractivity contribution in [1.82, 2.24) is 19.3 Å². The second kappa shape index (κ2) is 15.2. The number of aromatic nitrogens is 4. The number of rotatable bonds is 10. The van der Waals surface area contributed by atoms with E-state index in [0.717, 1.165) is 81.7 Å². The van der Waals surface area contributed by atoms with Gasteiger partial charge >= 0.3 is 21.1 Å². The number of hydrogen-bond donors (Lipinski definition) is 0. The molecule has 3 aromatic heterocycles. The van der Waals surface area contributed by atoms with E-state index < -0.39 is 0 Å². The summed E-state index contributed by atoms with van der Waals surface area (Å²) < 4.78 is 10.9. The van der Waals surface area contributed by atoms with Gasteiger partial charge in [-0.3, -0.25) is 4.68 Å². The van der Waals surface area contributed by atoms with E-state index in [0.29, 0.717) is 17.4 Å². The molecule has 0 spiro atoms. The van der Waals surface area contributed by atoms with Crippen molar-refractivity contribution >= 4 is 21.8 Å². The van der Waals surface area contributed by atoms with Crippen LogP contribution < -0.4 is 4.74 Å². The van der Waals surface area contributed by atoms with Crippen LogP contribution in [-0.2, 0) is 33.9 Å². The Balaban J connectivity index is 0.00000464. The van der Waals surface area contributed by atoms with Crippen molar-refractivity contribution in [1.29, 1.82) is 0 Å². The zero-order valence-electron chi connectivity index (χ0n) is 31.6. The van der Waals surface area contributed by atoms with Gasteiger partial charge in [-0.25, -0.2) is 4.98 Å². The van der Waals surface area contributed by atoms with Gasteiger partial charge in [-0.15, -0.1) is 35.7 Å². The zero-order valence-corrected chi connectivity index (χ0v) is 33.9. The predicted octanol–water partition coefficient (Wildman–Crippen LogP) is 11.9. The molecule has 7 rings (SSSR count). The Hall–Kier alpha value is -4.47. The minimum atomic E-state index is 0. The molecule has 5 nitrogen and oxygen atoms in total. The van der Waals surface area contributed by atoms with Crippen molar-refractivity contribution in [3.63, 3.8) is 0 Å². The summed E-state index contributed by atoms with van der Waals surface area (Å²) in [5.74, 6) is 2.74. The molecule has 3 heterocycles. The van der Waals surface area contributed by atoms with Crippen LogP contribution in [0.3, 0.4) is 0 Å². The van der Waals surface area contributed by atoms with E-state index in [2.05, 4.69) is 139 Å². The largest absolute Gasteiger partial charge is 2.00 e. The predicted molar refractivity (Wildman–Crippen MR) is 210 cm³/mol. The van der Waals surface area contributed by atoms with Crippen LogP contribution in [0.1, 0.15) is 75.5 Å². The molecule has 52 heavy (non-hydrogen) atoms. The van der Waals surface area contributed by atoms with Crippen molar-refractivity contribution in [3.05, 3.63) is 131 Å². The van der Waals surface area contributed by atoms with E-state index in [1.807, 2.05) is 29.1 Å². The van der Waals surface area contributed by atoms with Crippen LogP contribution in [0.25, 0.3) is 44.4 Å². The average molecular weight is 868 g/mol. The molecule has 0 aliphatic rings. The molecule has 6 heteroatoms. The van der Waals surface area contributed by atoms with Crippen molar-refractivity contribution in [2.24, 2.45) is 11.3 Å². The molecule has 0 N–H and O–H groups in total. The smallest absolute Gasteiger partial charge is 0.509 e. The summed E-state index contributed by atoms with van der Waals surface area (Å²) in [7, 11) is 0. The molecule has 0 saturated carbocycles. The standard InChI is InChI=1S/C46H48N4O.Pt/c1-30(2)14-15-35-25-37(50-33(5)45(32(4)48-50)36-12-10-9-11-13-36)28-39(26-35)51-38-17-18-40-41-27-34(20-22-46(6,7)8)16-19-42(41)49(43(40)29-38)44-24-31(3)21-23-47-44;/h9-13,16-19,21,23-27,30H,14-15,20,22H2,1-8H3;/q-2;+2. The maximum atomic E-state index is 6.68. The number of benzene rings is 4. The molecule has 0 aliphatic carbocycles. The summed E-state index contributed by atoms with van der Waals surface area (Å²) in [6.45, 7) is 17.7. The average Bonchev–Trinajstić information content (AvgIpc) is 3.58. The Labute approximate surface area is 323 Å². The van der Waals surface area contributed by atoms with Crippen LogP contribution in [0.4, 0.5) is 0 Å². The summed E-state index contributed by atoms with van der Waals surface area (Å²) >= 11 is 0. The van der Waals surface area contributed by atoms with E-state index in [9.17, 15) is 0 Å². The molecule has 0 amide bonds. The van der Waals surface area contributed by atoms with Gasteiger partial charge in [0, 0.05) is 34.5 Å². The Morgan fingerprint density at radius 2 is 1.58 bits per heavy atom. The monoisotopic (exact) mass is 867 g/mol. The molecule has 0 bridgehead atoms. The van der Waals surface area contributed by atoms with Crippen LogP contribution >= 0.6 is 0 Å². The molecule has 0 atom stereocenters. The quantitative estimate of drug-likeness (QED) is 0.129. The second-order valence-electron chi connectivity index (χ2n) is 15.6. The molecule has 0 fully saturated rings. The first-order valence-electron chi connectivity index (χ1n) is 18.2. The van der Waals surface area contributed by atoms with Gasteiger partial charge in [0.1, 0.15) is 5.82 Å². The van der Waals surface area contributed by atoms with E-state index in [-0.39, 0.29) is 26.5 Å². The van der Waals surface area contributed by atoms with Gasteiger partial charge in [0.25, 0.3) is 0 Å². The third-order valence-corrected chi connectivity index (χ3v) is 9.71. The second-order valence-corrected chi connectivity index (χ2v) is 15.6. The summed E-state index contributed by atoms with van der Waals surface area (Å²) in [6, 6.07) is 37.2. The molecule has 268 valence electrons. The number of aryl methyl sites for hydroxylation is 4. The maximum absolute atomic E-state index is 6.68. The number of pyridine rings is 1. The van der Waals surface area contributed by atoms with Crippen molar-refractivity contribution < 1.29 is 25.8 Å². The van der Waals surface area contributed by atoms with Gasteiger partial charge in [-0.2, -0.15) is 16.7 Å². The number of hydrogen-bond acceptors (Lipinski definition) is 3. The van der Waals surface area contributed by atoms with Crippen molar-refractivity contribution in [3.8, 4) is 34.1 Å². The summed E-state index contributed by atoms with van der Waals surface area (Å²) in [5, 5.41) is 7.33. The first-order chi connectivity index (χ1) is 24.4. The van der Waals surface area contributed by atoms with Crippen LogP contribution in [0.5, 0.6) is 11.5 Å². The molecule has 0 saturated heterocycles. The minimum Gasteiger partial charge on any atom is -0.509 e. The normalized spacial score (nSPS) is 11.8. The van der Waals surface area contributed by atoms with E-state index in [1.165, 1.54) is 16.5 Å². The fourth-order valence-corrected chi connectivity index (χ4v) is 6.96. The number of fused-ring (bicyclic) bond motifs is 3. The number of ether oxygens (including phenoxy) is 1. The fourth-order valence-electron chi connectivity index (χ4n) is 6.96. The molecular formula is C46H48N4OPt.